The summed E-state index contributed by atoms with van der Waals surface area (Å²) in [7, 11) is 0. The lowest BCUT2D eigenvalue weighted by molar-refractivity contribution is -0.0908. The minimum absolute atomic E-state index is 0.207. The Balaban J connectivity index is 2.91. The van der Waals surface area contributed by atoms with Gasteiger partial charge in [0.1, 0.15) is 0 Å². The van der Waals surface area contributed by atoms with Crippen molar-refractivity contribution in [2.75, 3.05) is 0 Å². The third-order valence-corrected chi connectivity index (χ3v) is 4.53. The molecule has 0 aliphatic heterocycles. The van der Waals surface area contributed by atoms with Gasteiger partial charge in [-0.15, -0.1) is 0 Å². The molecule has 0 bridgehead atoms. The van der Waals surface area contributed by atoms with Crippen molar-refractivity contribution in [1.29, 1.82) is 0 Å². The van der Waals surface area contributed by atoms with Gasteiger partial charge in [-0.25, -0.2) is 0 Å². The van der Waals surface area contributed by atoms with E-state index in [4.69, 9.17) is 0 Å². The van der Waals surface area contributed by atoms with E-state index in [1.54, 1.807) is 6.92 Å². The molecule has 1 rings (SSSR count). The van der Waals surface area contributed by atoms with Crippen LogP contribution in [0.15, 0.2) is 0 Å². The van der Waals surface area contributed by atoms with E-state index in [0.717, 1.165) is 6.42 Å². The van der Waals surface area contributed by atoms with Crippen LogP contribution in [0.3, 0.4) is 0 Å². The van der Waals surface area contributed by atoms with Gasteiger partial charge in [0.15, 0.2) is 0 Å². The monoisotopic (exact) mass is 228 g/mol. The zero-order valence-electron chi connectivity index (χ0n) is 11.6. The molecule has 0 aromatic rings. The average molecular weight is 228 g/mol. The van der Waals surface area contributed by atoms with Crippen molar-refractivity contribution in [3.63, 3.8) is 0 Å². The third-order valence-electron chi connectivity index (χ3n) is 4.53. The van der Waals surface area contributed by atoms with Crippen molar-refractivity contribution < 1.29 is 10.2 Å². The molecule has 1 aliphatic rings. The van der Waals surface area contributed by atoms with Crippen LogP contribution < -0.4 is 0 Å². The molecule has 2 nitrogen and oxygen atoms in total. The molecule has 1 fully saturated rings. The van der Waals surface area contributed by atoms with Gasteiger partial charge in [0.25, 0.3) is 0 Å². The normalized spacial score (nSPS) is 36.8. The van der Waals surface area contributed by atoms with Gasteiger partial charge >= 0.3 is 0 Å². The number of hydrogen-bond donors (Lipinski definition) is 2. The largest absolute Gasteiger partial charge is 0.391 e. The average Bonchev–Trinajstić information content (AvgIpc) is 2.08. The van der Waals surface area contributed by atoms with Crippen LogP contribution in [0, 0.1) is 22.7 Å². The molecule has 16 heavy (non-hydrogen) atoms. The first-order valence-corrected chi connectivity index (χ1v) is 6.43. The molecular weight excluding hydrogens is 200 g/mol. The zero-order valence-corrected chi connectivity index (χ0v) is 11.6. The molecule has 2 heteroatoms. The topological polar surface area (TPSA) is 40.5 Å². The lowest BCUT2D eigenvalue weighted by Gasteiger charge is -2.51. The number of aliphatic hydroxyl groups is 2. The highest BCUT2D eigenvalue weighted by Crippen LogP contribution is 2.52. The molecule has 0 saturated heterocycles. The molecule has 0 heterocycles. The summed E-state index contributed by atoms with van der Waals surface area (Å²) >= 11 is 0. The van der Waals surface area contributed by atoms with Gasteiger partial charge in [0, 0.05) is 0 Å². The summed E-state index contributed by atoms with van der Waals surface area (Å²) in [4.78, 5) is 0. The van der Waals surface area contributed by atoms with Crippen LogP contribution in [-0.4, -0.2) is 22.4 Å². The predicted molar refractivity (Wildman–Crippen MR) is 67.1 cm³/mol. The number of hydrogen-bond acceptors (Lipinski definition) is 2. The molecule has 4 atom stereocenters. The van der Waals surface area contributed by atoms with Crippen LogP contribution in [0.25, 0.3) is 0 Å². The molecule has 96 valence electrons. The van der Waals surface area contributed by atoms with Crippen molar-refractivity contribution in [3.8, 4) is 0 Å². The minimum Gasteiger partial charge on any atom is -0.391 e. The Morgan fingerprint density at radius 1 is 1.12 bits per heavy atom. The Morgan fingerprint density at radius 2 is 1.62 bits per heavy atom. The molecular formula is C14H28O2. The van der Waals surface area contributed by atoms with Crippen LogP contribution in [0.1, 0.15) is 54.4 Å². The van der Waals surface area contributed by atoms with E-state index in [-0.39, 0.29) is 16.7 Å². The van der Waals surface area contributed by atoms with Gasteiger partial charge in [-0.2, -0.15) is 0 Å². The summed E-state index contributed by atoms with van der Waals surface area (Å²) < 4.78 is 0. The van der Waals surface area contributed by atoms with E-state index < -0.39 is 12.2 Å². The van der Waals surface area contributed by atoms with Crippen molar-refractivity contribution in [2.45, 2.75) is 66.6 Å². The molecule has 0 amide bonds. The number of rotatable bonds is 2. The summed E-state index contributed by atoms with van der Waals surface area (Å²) in [6.07, 6.45) is 0.972. The summed E-state index contributed by atoms with van der Waals surface area (Å²) in [5, 5.41) is 19.7. The van der Waals surface area contributed by atoms with Crippen molar-refractivity contribution in [2.24, 2.45) is 22.7 Å². The van der Waals surface area contributed by atoms with E-state index >= 15 is 0 Å². The summed E-state index contributed by atoms with van der Waals surface area (Å²) in [6, 6.07) is 0. The second-order valence-corrected chi connectivity index (χ2v) is 7.22. The quantitative estimate of drug-likeness (QED) is 0.763. The molecule has 1 saturated carbocycles. The summed E-state index contributed by atoms with van der Waals surface area (Å²) in [5.74, 6) is 0.656. The fourth-order valence-electron chi connectivity index (χ4n) is 3.64. The highest BCUT2D eigenvalue weighted by Gasteiger charge is 2.46. The van der Waals surface area contributed by atoms with E-state index in [9.17, 15) is 10.2 Å². The van der Waals surface area contributed by atoms with Crippen molar-refractivity contribution in [3.05, 3.63) is 0 Å². The molecule has 0 aromatic carbocycles. The summed E-state index contributed by atoms with van der Waals surface area (Å²) in [6.45, 7) is 13.0. The van der Waals surface area contributed by atoms with E-state index in [2.05, 4.69) is 34.6 Å². The van der Waals surface area contributed by atoms with Gasteiger partial charge in [0.05, 0.1) is 12.2 Å². The van der Waals surface area contributed by atoms with E-state index in [1.165, 1.54) is 6.42 Å². The predicted octanol–water partition coefficient (Wildman–Crippen LogP) is 2.83. The maximum Gasteiger partial charge on any atom is 0.0827 e. The first-order valence-electron chi connectivity index (χ1n) is 6.43. The smallest absolute Gasteiger partial charge is 0.0827 e. The fourth-order valence-corrected chi connectivity index (χ4v) is 3.64. The van der Waals surface area contributed by atoms with Gasteiger partial charge in [-0.3, -0.25) is 0 Å². The van der Waals surface area contributed by atoms with E-state index in [0.29, 0.717) is 5.92 Å². The van der Waals surface area contributed by atoms with E-state index in [1.807, 2.05) is 0 Å². The Labute approximate surface area is 100 Å². The maximum absolute atomic E-state index is 10.1. The lowest BCUT2D eigenvalue weighted by atomic mass is 9.55. The second-order valence-electron chi connectivity index (χ2n) is 7.22. The second kappa shape index (κ2) is 4.30. The Hall–Kier alpha value is -0.0800. The SMILES string of the molecule is CC(O)C(O)C1CC(C)(C)CC(C)(C)C1C. The van der Waals surface area contributed by atoms with Crippen molar-refractivity contribution >= 4 is 0 Å². The third kappa shape index (κ3) is 2.78. The fraction of sp³-hybridized carbons (Fsp3) is 1.00. The molecule has 1 aliphatic carbocycles. The van der Waals surface area contributed by atoms with Gasteiger partial charge in [-0.05, 0) is 42.4 Å². The first kappa shape index (κ1) is 14.0. The first-order chi connectivity index (χ1) is 7.07. The maximum atomic E-state index is 10.1. The van der Waals surface area contributed by atoms with Gasteiger partial charge in [-0.1, -0.05) is 34.6 Å². The van der Waals surface area contributed by atoms with Crippen molar-refractivity contribution in [1.82, 2.24) is 0 Å². The van der Waals surface area contributed by atoms with Gasteiger partial charge in [0.2, 0.25) is 0 Å². The standard InChI is InChI=1S/C14H28O2/c1-9-11(12(16)10(2)15)7-13(3,4)8-14(9,5)6/h9-12,15-16H,7-8H2,1-6H3. The van der Waals surface area contributed by atoms with Crippen LogP contribution in [0.5, 0.6) is 0 Å². The molecule has 4 unspecified atom stereocenters. The molecule has 2 N–H and O–H groups in total. The number of aliphatic hydroxyl groups excluding tert-OH is 2. The Morgan fingerprint density at radius 3 is 2.06 bits per heavy atom. The lowest BCUT2D eigenvalue weighted by Crippen LogP contribution is -2.47. The highest BCUT2D eigenvalue weighted by atomic mass is 16.3. The Bertz CT molecular complexity index is 243. The van der Waals surface area contributed by atoms with Gasteiger partial charge < -0.3 is 10.2 Å². The highest BCUT2D eigenvalue weighted by molar-refractivity contribution is 4.96. The molecule has 0 radical (unpaired) electrons. The van der Waals surface area contributed by atoms with Crippen LogP contribution in [0.4, 0.5) is 0 Å². The van der Waals surface area contributed by atoms with Crippen LogP contribution >= 0.6 is 0 Å². The zero-order chi connectivity index (χ0) is 12.7. The van der Waals surface area contributed by atoms with Crippen LogP contribution in [0.2, 0.25) is 0 Å². The molecule has 0 aromatic heterocycles. The van der Waals surface area contributed by atoms with Crippen LogP contribution in [-0.2, 0) is 0 Å². The Kier molecular flexibility index (Phi) is 3.76. The molecule has 0 spiro atoms. The minimum atomic E-state index is -0.628. The summed E-state index contributed by atoms with van der Waals surface area (Å²) in [5.41, 5.74) is 0.499.